The number of rotatable bonds is 8. The molecule has 0 bridgehead atoms. The highest BCUT2D eigenvalue weighted by Crippen LogP contribution is 2.67. The van der Waals surface area contributed by atoms with Gasteiger partial charge in [0.05, 0.1) is 0 Å². The molecule has 0 atom stereocenters. The van der Waals surface area contributed by atoms with Crippen LogP contribution < -0.4 is 0 Å². The summed E-state index contributed by atoms with van der Waals surface area (Å²) in [5.41, 5.74) is -6.97. The Kier molecular flexibility index (Phi) is 7.59. The van der Waals surface area contributed by atoms with Gasteiger partial charge >= 0.3 is 53.3 Å². The van der Waals surface area contributed by atoms with Gasteiger partial charge in [-0.1, -0.05) is 41.5 Å². The fourth-order valence-corrected chi connectivity index (χ4v) is 2.32. The first-order valence-corrected chi connectivity index (χ1v) is 8.90. The minimum absolute atomic E-state index is 0.0227. The SMILES string of the molecule is CC(C)(C)C(F)(F)C(F)(F)C(F)(F)C(F)(F)C(F)(F)C(F)(F)C(F)(F)C(F)(F)C(F)(F)C(C)(C)C. The molecule has 0 aromatic carbocycles. The van der Waals surface area contributed by atoms with Crippen LogP contribution in [-0.4, -0.2) is 53.3 Å². The number of halogens is 18. The molecule has 0 unspecified atom stereocenters. The summed E-state index contributed by atoms with van der Waals surface area (Å²) < 4.78 is 248. The van der Waals surface area contributed by atoms with Gasteiger partial charge in [0.1, 0.15) is 0 Å². The van der Waals surface area contributed by atoms with Crippen LogP contribution in [-0.2, 0) is 0 Å². The molecule has 0 aliphatic rings. The fraction of sp³-hybridized carbons (Fsp3) is 1.00. The maximum Gasteiger partial charge on any atom is 0.385 e. The zero-order valence-electron chi connectivity index (χ0n) is 18.3. The van der Waals surface area contributed by atoms with Crippen molar-refractivity contribution in [1.82, 2.24) is 0 Å². The second-order valence-electron chi connectivity index (χ2n) is 9.67. The predicted octanol–water partition coefficient (Wildman–Crippen LogP) is 8.80. The molecule has 0 N–H and O–H groups in total. The van der Waals surface area contributed by atoms with Crippen LogP contribution in [0.25, 0.3) is 0 Å². The Morgan fingerprint density at radius 1 is 0.200 bits per heavy atom. The molecule has 0 saturated carbocycles. The van der Waals surface area contributed by atoms with Gasteiger partial charge < -0.3 is 0 Å². The van der Waals surface area contributed by atoms with E-state index in [1.165, 1.54) is 0 Å². The van der Waals surface area contributed by atoms with Crippen LogP contribution >= 0.6 is 0 Å². The van der Waals surface area contributed by atoms with Crippen LogP contribution in [0.15, 0.2) is 0 Å². The average Bonchev–Trinajstić information content (AvgIpc) is 2.58. The van der Waals surface area contributed by atoms with Gasteiger partial charge in [-0.15, -0.1) is 0 Å². The van der Waals surface area contributed by atoms with Crippen molar-refractivity contribution in [3.8, 4) is 0 Å². The molecule has 0 nitrogen and oxygen atoms in total. The summed E-state index contributed by atoms with van der Waals surface area (Å²) in [6.07, 6.45) is 0. The molecular weight excluding hydrogens is 546 g/mol. The van der Waals surface area contributed by atoms with E-state index in [-0.39, 0.29) is 41.5 Å². The third kappa shape index (κ3) is 3.93. The van der Waals surface area contributed by atoms with Gasteiger partial charge in [0.2, 0.25) is 0 Å². The Morgan fingerprint density at radius 3 is 0.371 bits per heavy atom. The summed E-state index contributed by atoms with van der Waals surface area (Å²) in [6.45, 7) is -0.136. The Morgan fingerprint density at radius 2 is 0.286 bits per heavy atom. The summed E-state index contributed by atoms with van der Waals surface area (Å²) >= 11 is 0. The first kappa shape index (κ1) is 33.7. The topological polar surface area (TPSA) is 0 Å². The van der Waals surface area contributed by atoms with Crippen LogP contribution in [0.5, 0.6) is 0 Å². The van der Waals surface area contributed by atoms with Crippen LogP contribution in [0.2, 0.25) is 0 Å². The number of alkyl halides is 18. The Balaban J connectivity index is 7.15. The molecule has 0 heterocycles. The molecule has 0 aromatic heterocycles. The van der Waals surface area contributed by atoms with E-state index < -0.39 is 64.1 Å². The van der Waals surface area contributed by atoms with Gasteiger partial charge in [-0.05, 0) is 0 Å². The van der Waals surface area contributed by atoms with Crippen molar-refractivity contribution < 1.29 is 79.0 Å². The van der Waals surface area contributed by atoms with Gasteiger partial charge in [-0.3, -0.25) is 0 Å². The molecule has 0 radical (unpaired) electrons. The van der Waals surface area contributed by atoms with Crippen LogP contribution in [0, 0.1) is 10.8 Å². The average molecular weight is 564 g/mol. The highest BCUT2D eigenvalue weighted by Gasteiger charge is 2.97. The quantitative estimate of drug-likeness (QED) is 0.259. The lowest BCUT2D eigenvalue weighted by Gasteiger charge is -2.47. The van der Waals surface area contributed by atoms with Crippen molar-refractivity contribution in [1.29, 1.82) is 0 Å². The zero-order chi connectivity index (χ0) is 29.5. The van der Waals surface area contributed by atoms with Gasteiger partial charge in [0, 0.05) is 10.8 Å². The van der Waals surface area contributed by atoms with Crippen molar-refractivity contribution in [2.45, 2.75) is 94.8 Å². The van der Waals surface area contributed by atoms with Crippen molar-refractivity contribution in [2.24, 2.45) is 10.8 Å². The molecule has 0 aliphatic heterocycles. The molecule has 35 heavy (non-hydrogen) atoms. The van der Waals surface area contributed by atoms with Crippen LogP contribution in [0.3, 0.4) is 0 Å². The lowest BCUT2D eigenvalue weighted by Crippen LogP contribution is -2.77. The van der Waals surface area contributed by atoms with Gasteiger partial charge in [-0.2, -0.15) is 79.0 Å². The summed E-state index contributed by atoms with van der Waals surface area (Å²) in [6, 6.07) is 0. The lowest BCUT2D eigenvalue weighted by molar-refractivity contribution is -0.468. The number of hydrogen-bond donors (Lipinski definition) is 0. The zero-order valence-corrected chi connectivity index (χ0v) is 18.3. The Labute approximate surface area is 186 Å². The molecule has 0 saturated heterocycles. The van der Waals surface area contributed by atoms with E-state index >= 15 is 0 Å². The third-order valence-corrected chi connectivity index (χ3v) is 5.04. The molecule has 0 amide bonds. The summed E-state index contributed by atoms with van der Waals surface area (Å²) in [5, 5.41) is 0. The van der Waals surface area contributed by atoms with Gasteiger partial charge in [0.25, 0.3) is 0 Å². The standard InChI is InChI=1S/C17H18F18/c1-7(2,3)9(18,19)11(22,23)13(26,27)15(30,31)17(34,35)16(32,33)14(28,29)12(24,25)10(20,21)8(4,5)6/h1-6H3. The molecule has 212 valence electrons. The van der Waals surface area contributed by atoms with Gasteiger partial charge in [-0.25, -0.2) is 0 Å². The van der Waals surface area contributed by atoms with Crippen molar-refractivity contribution >= 4 is 0 Å². The van der Waals surface area contributed by atoms with E-state index in [1.807, 2.05) is 0 Å². The third-order valence-electron chi connectivity index (χ3n) is 5.04. The normalized spacial score (nSPS) is 17.1. The largest absolute Gasteiger partial charge is 0.385 e. The van der Waals surface area contributed by atoms with Crippen LogP contribution in [0.1, 0.15) is 41.5 Å². The molecule has 18 heteroatoms. The van der Waals surface area contributed by atoms with Crippen molar-refractivity contribution in [2.75, 3.05) is 0 Å². The van der Waals surface area contributed by atoms with Crippen LogP contribution in [0.4, 0.5) is 79.0 Å². The minimum Gasteiger partial charge on any atom is -0.199 e. The molecule has 0 aliphatic carbocycles. The van der Waals surface area contributed by atoms with Crippen molar-refractivity contribution in [3.05, 3.63) is 0 Å². The molecule has 0 aromatic rings. The summed E-state index contributed by atoms with van der Waals surface area (Å²) in [5.74, 6) is -71.0. The Bertz CT molecular complexity index is 714. The highest BCUT2D eigenvalue weighted by atomic mass is 19.4. The molecule has 0 spiro atoms. The van der Waals surface area contributed by atoms with E-state index in [9.17, 15) is 79.0 Å². The van der Waals surface area contributed by atoms with E-state index in [0.29, 0.717) is 0 Å². The predicted molar refractivity (Wildman–Crippen MR) is 83.4 cm³/mol. The highest BCUT2D eigenvalue weighted by molar-refractivity contribution is 5.18. The molecular formula is C17H18F18. The summed E-state index contributed by atoms with van der Waals surface area (Å²) in [4.78, 5) is 0. The Hall–Kier alpha value is -1.26. The van der Waals surface area contributed by atoms with E-state index in [0.717, 1.165) is 0 Å². The smallest absolute Gasteiger partial charge is 0.199 e. The first-order valence-electron chi connectivity index (χ1n) is 8.90. The second kappa shape index (κ2) is 7.87. The maximum absolute atomic E-state index is 13.8. The van der Waals surface area contributed by atoms with Gasteiger partial charge in [0.15, 0.2) is 0 Å². The van der Waals surface area contributed by atoms with Crippen molar-refractivity contribution in [3.63, 3.8) is 0 Å². The maximum atomic E-state index is 13.8. The second-order valence-corrected chi connectivity index (χ2v) is 9.67. The minimum atomic E-state index is -8.73. The van der Waals surface area contributed by atoms with E-state index in [4.69, 9.17) is 0 Å². The lowest BCUT2D eigenvalue weighted by atomic mass is 9.77. The molecule has 0 rings (SSSR count). The summed E-state index contributed by atoms with van der Waals surface area (Å²) in [7, 11) is 0. The monoisotopic (exact) mass is 564 g/mol. The molecule has 0 fully saturated rings. The fourth-order valence-electron chi connectivity index (χ4n) is 2.32. The first-order chi connectivity index (χ1) is 14.5. The van der Waals surface area contributed by atoms with E-state index in [1.54, 1.807) is 0 Å². The number of hydrogen-bond acceptors (Lipinski definition) is 0. The van der Waals surface area contributed by atoms with E-state index in [2.05, 4.69) is 0 Å².